The second kappa shape index (κ2) is 8.68. The fourth-order valence-corrected chi connectivity index (χ4v) is 4.91. The van der Waals surface area contributed by atoms with Crippen LogP contribution >= 0.6 is 0 Å². The topological polar surface area (TPSA) is 127 Å². The zero-order valence-electron chi connectivity index (χ0n) is 18.2. The van der Waals surface area contributed by atoms with Crippen molar-refractivity contribution in [3.05, 3.63) is 29.3 Å². The average Bonchev–Trinajstić information content (AvgIpc) is 2.82. The Kier molecular flexibility index (Phi) is 6.20. The quantitative estimate of drug-likeness (QED) is 0.694. The van der Waals surface area contributed by atoms with E-state index in [2.05, 4.69) is 25.1 Å². The number of fused-ring (bicyclic) bond motifs is 1. The summed E-state index contributed by atoms with van der Waals surface area (Å²) in [4.78, 5) is 1.29. The Balaban J connectivity index is 2.32. The first-order valence-corrected chi connectivity index (χ1v) is 10.1. The molecule has 8 heteroatoms. The molecule has 160 valence electrons. The molecule has 8 nitrogen and oxygen atoms in total. The van der Waals surface area contributed by atoms with Crippen LogP contribution in [0.3, 0.4) is 0 Å². The van der Waals surface area contributed by atoms with Gasteiger partial charge in [0.2, 0.25) is 5.75 Å². The molecule has 0 amide bonds. The molecule has 0 aromatic heterocycles. The number of nitrogens with zero attached hydrogens (tertiary/aromatic N) is 3. The summed E-state index contributed by atoms with van der Waals surface area (Å²) in [5.74, 6) is -0.533. The maximum absolute atomic E-state index is 10.2. The fraction of sp³-hybridized carbons (Fsp3) is 0.478. The number of rotatable bonds is 5. The molecule has 0 spiro atoms. The minimum absolute atomic E-state index is 0.166. The van der Waals surface area contributed by atoms with Crippen LogP contribution in [-0.4, -0.2) is 46.7 Å². The van der Waals surface area contributed by atoms with Gasteiger partial charge in [-0.25, -0.2) is 0 Å². The summed E-state index contributed by atoms with van der Waals surface area (Å²) in [5.41, 5.74) is -0.471. The van der Waals surface area contributed by atoms with Crippen LogP contribution in [-0.2, 0) is 0 Å². The second-order valence-electron chi connectivity index (χ2n) is 7.77. The number of hydrogen-bond acceptors (Lipinski definition) is 7. The Morgan fingerprint density at radius 3 is 2.16 bits per heavy atom. The molecule has 1 aliphatic carbocycles. The van der Waals surface area contributed by atoms with Crippen molar-refractivity contribution in [2.75, 3.05) is 41.0 Å². The highest BCUT2D eigenvalue weighted by Gasteiger charge is 2.58. The Labute approximate surface area is 182 Å². The molecule has 1 aliphatic heterocycles. The molecular weight excluding hydrogens is 394 g/mol. The third kappa shape index (κ3) is 3.28. The van der Waals surface area contributed by atoms with Gasteiger partial charge in [0.05, 0.1) is 64.9 Å². The summed E-state index contributed by atoms with van der Waals surface area (Å²) in [6, 6.07) is 9.88. The van der Waals surface area contributed by atoms with Crippen molar-refractivity contribution < 1.29 is 19.1 Å². The molecule has 0 bridgehead atoms. The molecule has 1 heterocycles. The Morgan fingerprint density at radius 1 is 1.10 bits per heavy atom. The van der Waals surface area contributed by atoms with Crippen molar-refractivity contribution in [1.29, 1.82) is 21.2 Å². The van der Waals surface area contributed by atoms with Crippen LogP contribution in [0.25, 0.3) is 0 Å². The molecule has 0 saturated heterocycles. The molecule has 4 atom stereocenters. The second-order valence-corrected chi connectivity index (χ2v) is 7.77. The van der Waals surface area contributed by atoms with Crippen molar-refractivity contribution in [2.24, 2.45) is 17.3 Å². The SMILES string of the molecule is CC[NH+]1CC=C2C(C#N)C(=N)C(C#N)(C#N)[C@@H](c3cc(OC)c(OC)c(OC)c3)[C@@H]2C1. The molecule has 1 aromatic carbocycles. The highest BCUT2D eigenvalue weighted by atomic mass is 16.5. The van der Waals surface area contributed by atoms with Crippen LogP contribution < -0.4 is 19.1 Å². The van der Waals surface area contributed by atoms with Gasteiger partial charge in [-0.2, -0.15) is 15.8 Å². The molecule has 2 unspecified atom stereocenters. The molecule has 3 rings (SSSR count). The molecular formula is C23H26N5O3+. The van der Waals surface area contributed by atoms with Gasteiger partial charge in [0.25, 0.3) is 0 Å². The molecule has 1 aromatic rings. The third-order valence-corrected chi connectivity index (χ3v) is 6.51. The summed E-state index contributed by atoms with van der Waals surface area (Å²) in [6.07, 6.45) is 2.01. The van der Waals surface area contributed by atoms with Crippen LogP contribution in [0.15, 0.2) is 23.8 Å². The lowest BCUT2D eigenvalue weighted by molar-refractivity contribution is -0.897. The van der Waals surface area contributed by atoms with Crippen LogP contribution in [0.2, 0.25) is 0 Å². The van der Waals surface area contributed by atoms with Crippen molar-refractivity contribution >= 4 is 5.71 Å². The van der Waals surface area contributed by atoms with Crippen molar-refractivity contribution in [2.45, 2.75) is 12.8 Å². The summed E-state index contributed by atoms with van der Waals surface area (Å²) in [5, 5.41) is 38.9. The van der Waals surface area contributed by atoms with Gasteiger partial charge < -0.3 is 24.5 Å². The number of hydrogen-bond donors (Lipinski definition) is 2. The van der Waals surface area contributed by atoms with Gasteiger partial charge in [0, 0.05) is 11.8 Å². The molecule has 1 fully saturated rings. The van der Waals surface area contributed by atoms with E-state index < -0.39 is 17.3 Å². The van der Waals surface area contributed by atoms with E-state index in [0.717, 1.165) is 18.7 Å². The molecule has 31 heavy (non-hydrogen) atoms. The minimum Gasteiger partial charge on any atom is -0.493 e. The lowest BCUT2D eigenvalue weighted by atomic mass is 9.54. The van der Waals surface area contributed by atoms with Crippen LogP contribution in [0.1, 0.15) is 18.4 Å². The standard InChI is InChI=1S/C23H25N5O3/c1-5-28-7-6-15-16(10-24)22(27)23(12-25,13-26)20(17(15)11-28)14-8-18(29-2)21(31-4)19(9-14)30-3/h6,8-9,16-17,20,27H,5,7,11H2,1-4H3/p+1/t16?,17-,20+/m1/s1. The van der Waals surface area contributed by atoms with E-state index in [1.54, 1.807) is 12.1 Å². The number of likely N-dealkylation sites (N-methyl/N-ethyl adjacent to an activating group) is 1. The number of nitrogens with one attached hydrogen (secondary N) is 2. The van der Waals surface area contributed by atoms with Gasteiger partial charge in [-0.1, -0.05) is 0 Å². The number of benzene rings is 1. The fourth-order valence-electron chi connectivity index (χ4n) is 4.91. The molecule has 2 aliphatic rings. The maximum Gasteiger partial charge on any atom is 0.203 e. The van der Waals surface area contributed by atoms with Gasteiger partial charge in [0.1, 0.15) is 5.92 Å². The van der Waals surface area contributed by atoms with Crippen LogP contribution in [0, 0.1) is 56.7 Å². The lowest BCUT2D eigenvalue weighted by Crippen LogP contribution is -3.13. The Bertz CT molecular complexity index is 1000. The van der Waals surface area contributed by atoms with Crippen molar-refractivity contribution in [1.82, 2.24) is 0 Å². The van der Waals surface area contributed by atoms with Gasteiger partial charge >= 0.3 is 0 Å². The maximum atomic E-state index is 10.2. The summed E-state index contributed by atoms with van der Waals surface area (Å²) < 4.78 is 16.4. The van der Waals surface area contributed by atoms with E-state index in [9.17, 15) is 15.8 Å². The van der Waals surface area contributed by atoms with E-state index in [4.69, 9.17) is 19.6 Å². The predicted octanol–water partition coefficient (Wildman–Crippen LogP) is 1.46. The van der Waals surface area contributed by atoms with Crippen molar-refractivity contribution in [3.63, 3.8) is 0 Å². The third-order valence-electron chi connectivity index (χ3n) is 6.51. The number of methoxy groups -OCH3 is 3. The van der Waals surface area contributed by atoms with Crippen LogP contribution in [0.4, 0.5) is 0 Å². The first-order valence-electron chi connectivity index (χ1n) is 10.1. The monoisotopic (exact) mass is 420 g/mol. The number of ether oxygens (including phenoxy) is 3. The average molecular weight is 420 g/mol. The number of quaternary nitrogens is 1. The normalized spacial score (nSPS) is 26.4. The minimum atomic E-state index is -1.77. The summed E-state index contributed by atoms with van der Waals surface area (Å²) in [7, 11) is 4.52. The van der Waals surface area contributed by atoms with Gasteiger partial charge in [-0.15, -0.1) is 0 Å². The van der Waals surface area contributed by atoms with E-state index in [1.807, 2.05) is 6.08 Å². The van der Waals surface area contributed by atoms with E-state index in [0.29, 0.717) is 29.4 Å². The summed E-state index contributed by atoms with van der Waals surface area (Å²) in [6.45, 7) is 4.38. The largest absolute Gasteiger partial charge is 0.493 e. The first kappa shape index (κ1) is 22.2. The zero-order valence-corrected chi connectivity index (χ0v) is 18.2. The molecule has 2 N–H and O–H groups in total. The lowest BCUT2D eigenvalue weighted by Gasteiger charge is -2.46. The number of nitriles is 3. The highest BCUT2D eigenvalue weighted by Crippen LogP contribution is 2.54. The highest BCUT2D eigenvalue weighted by molar-refractivity contribution is 6.00. The van der Waals surface area contributed by atoms with Gasteiger partial charge in [-0.05, 0) is 36.3 Å². The van der Waals surface area contributed by atoms with Crippen LogP contribution in [0.5, 0.6) is 17.2 Å². The van der Waals surface area contributed by atoms with E-state index in [1.165, 1.54) is 26.2 Å². The Morgan fingerprint density at radius 2 is 1.71 bits per heavy atom. The zero-order chi connectivity index (χ0) is 22.8. The van der Waals surface area contributed by atoms with Gasteiger partial charge in [0.15, 0.2) is 16.9 Å². The van der Waals surface area contributed by atoms with Crippen molar-refractivity contribution in [3.8, 4) is 35.5 Å². The van der Waals surface area contributed by atoms with E-state index >= 15 is 0 Å². The first-order chi connectivity index (χ1) is 15.0. The molecule has 1 saturated carbocycles. The van der Waals surface area contributed by atoms with E-state index in [-0.39, 0.29) is 11.6 Å². The Hall–Kier alpha value is -3.54. The summed E-state index contributed by atoms with van der Waals surface area (Å²) >= 11 is 0. The molecule has 0 radical (unpaired) electrons. The van der Waals surface area contributed by atoms with Gasteiger partial charge in [-0.3, -0.25) is 0 Å². The predicted molar refractivity (Wildman–Crippen MR) is 112 cm³/mol. The smallest absolute Gasteiger partial charge is 0.203 e.